The van der Waals surface area contributed by atoms with Crippen molar-refractivity contribution < 1.29 is 0 Å². The van der Waals surface area contributed by atoms with Gasteiger partial charge in [-0.2, -0.15) is 0 Å². The van der Waals surface area contributed by atoms with Crippen LogP contribution in [-0.2, 0) is 5.41 Å². The quantitative estimate of drug-likeness (QED) is 0.889. The largest absolute Gasteiger partial charge is 0.384 e. The average molecular weight is 262 g/mol. The van der Waals surface area contributed by atoms with Crippen molar-refractivity contribution in [3.8, 4) is 0 Å². The number of anilines is 2. The molecule has 2 heterocycles. The molecule has 0 saturated carbocycles. The van der Waals surface area contributed by atoms with Crippen LogP contribution < -0.4 is 10.6 Å². The topological polar surface area (TPSA) is 55.0 Å². The van der Waals surface area contributed by atoms with Crippen LogP contribution in [0.15, 0.2) is 6.07 Å². The van der Waals surface area contributed by atoms with Crippen LogP contribution in [0.2, 0.25) is 0 Å². The first-order valence-corrected chi connectivity index (χ1v) is 7.33. The van der Waals surface area contributed by atoms with Gasteiger partial charge in [-0.3, -0.25) is 0 Å². The van der Waals surface area contributed by atoms with Crippen LogP contribution in [0, 0.1) is 0 Å². The first-order chi connectivity index (χ1) is 8.91. The molecule has 4 nitrogen and oxygen atoms in total. The molecular formula is C15H26N4. The Bertz CT molecular complexity index is 436. The summed E-state index contributed by atoms with van der Waals surface area (Å²) < 4.78 is 0. The molecule has 1 saturated heterocycles. The zero-order chi connectivity index (χ0) is 14.0. The summed E-state index contributed by atoms with van der Waals surface area (Å²) in [6.45, 7) is 9.70. The van der Waals surface area contributed by atoms with Crippen molar-refractivity contribution >= 4 is 11.6 Å². The van der Waals surface area contributed by atoms with E-state index >= 15 is 0 Å². The van der Waals surface area contributed by atoms with Gasteiger partial charge < -0.3 is 10.6 Å². The van der Waals surface area contributed by atoms with Crippen LogP contribution in [0.25, 0.3) is 0 Å². The van der Waals surface area contributed by atoms with E-state index in [1.165, 1.54) is 19.3 Å². The highest BCUT2D eigenvalue weighted by Crippen LogP contribution is 2.28. The number of hydrogen-bond acceptors (Lipinski definition) is 4. The van der Waals surface area contributed by atoms with Gasteiger partial charge in [0.2, 0.25) is 0 Å². The Balaban J connectivity index is 2.35. The Labute approximate surface area is 116 Å². The molecule has 0 radical (unpaired) electrons. The van der Waals surface area contributed by atoms with Crippen LogP contribution >= 0.6 is 0 Å². The lowest BCUT2D eigenvalue weighted by atomic mass is 9.95. The molecule has 1 aromatic heterocycles. The lowest BCUT2D eigenvalue weighted by Gasteiger charge is -2.36. The number of nitrogen functional groups attached to an aromatic ring is 1. The van der Waals surface area contributed by atoms with E-state index < -0.39 is 0 Å². The summed E-state index contributed by atoms with van der Waals surface area (Å²) in [5, 5.41) is 0. The van der Waals surface area contributed by atoms with E-state index in [0.717, 1.165) is 24.6 Å². The molecular weight excluding hydrogens is 236 g/mol. The highest BCUT2D eigenvalue weighted by Gasteiger charge is 2.25. The molecule has 1 aromatic rings. The fourth-order valence-corrected chi connectivity index (χ4v) is 2.66. The lowest BCUT2D eigenvalue weighted by Crippen LogP contribution is -2.40. The normalized spacial score (nSPS) is 20.6. The molecule has 2 N–H and O–H groups in total. The van der Waals surface area contributed by atoms with Crippen molar-refractivity contribution in [3.63, 3.8) is 0 Å². The van der Waals surface area contributed by atoms with Crippen molar-refractivity contribution in [2.75, 3.05) is 17.2 Å². The Kier molecular flexibility index (Phi) is 3.97. The van der Waals surface area contributed by atoms with Gasteiger partial charge in [0.25, 0.3) is 0 Å². The Morgan fingerprint density at radius 1 is 1.32 bits per heavy atom. The summed E-state index contributed by atoms with van der Waals surface area (Å²) in [4.78, 5) is 11.6. The fourth-order valence-electron chi connectivity index (χ4n) is 2.66. The first kappa shape index (κ1) is 14.1. The molecule has 1 atom stereocenters. The summed E-state index contributed by atoms with van der Waals surface area (Å²) in [7, 11) is 0. The molecule has 1 aliphatic heterocycles. The van der Waals surface area contributed by atoms with Gasteiger partial charge in [-0.25, -0.2) is 9.97 Å². The summed E-state index contributed by atoms with van der Waals surface area (Å²) in [6.07, 6.45) is 4.98. The molecule has 0 aliphatic carbocycles. The lowest BCUT2D eigenvalue weighted by molar-refractivity contribution is 0.444. The van der Waals surface area contributed by atoms with Gasteiger partial charge in [0, 0.05) is 24.1 Å². The van der Waals surface area contributed by atoms with Crippen molar-refractivity contribution in [2.24, 2.45) is 0 Å². The molecule has 1 fully saturated rings. The van der Waals surface area contributed by atoms with Crippen molar-refractivity contribution in [1.29, 1.82) is 0 Å². The van der Waals surface area contributed by atoms with Gasteiger partial charge in [0.1, 0.15) is 17.5 Å². The molecule has 1 unspecified atom stereocenters. The van der Waals surface area contributed by atoms with Crippen molar-refractivity contribution in [1.82, 2.24) is 9.97 Å². The van der Waals surface area contributed by atoms with Gasteiger partial charge in [0.15, 0.2) is 0 Å². The maximum Gasteiger partial charge on any atom is 0.138 e. The molecule has 0 amide bonds. The minimum atomic E-state index is -0.0678. The van der Waals surface area contributed by atoms with E-state index in [4.69, 9.17) is 10.7 Å². The summed E-state index contributed by atoms with van der Waals surface area (Å²) in [5.74, 6) is 2.42. The highest BCUT2D eigenvalue weighted by molar-refractivity contribution is 5.48. The van der Waals surface area contributed by atoms with Crippen molar-refractivity contribution in [2.45, 2.75) is 64.8 Å². The number of hydrogen-bond donors (Lipinski definition) is 1. The number of aromatic nitrogens is 2. The maximum absolute atomic E-state index is 5.97. The second-order valence-corrected chi connectivity index (χ2v) is 6.48. The summed E-state index contributed by atoms with van der Waals surface area (Å²) in [6, 6.07) is 2.51. The van der Waals surface area contributed by atoms with E-state index in [-0.39, 0.29) is 5.41 Å². The van der Waals surface area contributed by atoms with Crippen LogP contribution in [-0.4, -0.2) is 22.6 Å². The highest BCUT2D eigenvalue weighted by atomic mass is 15.2. The van der Waals surface area contributed by atoms with Gasteiger partial charge in [-0.05, 0) is 25.7 Å². The fraction of sp³-hybridized carbons (Fsp3) is 0.733. The predicted octanol–water partition coefficient (Wildman–Crippen LogP) is 3.13. The van der Waals surface area contributed by atoms with E-state index in [1.807, 2.05) is 6.07 Å². The third-order valence-electron chi connectivity index (χ3n) is 3.80. The molecule has 4 heteroatoms. The molecule has 0 aromatic carbocycles. The zero-order valence-electron chi connectivity index (χ0n) is 12.6. The smallest absolute Gasteiger partial charge is 0.138 e. The Hall–Kier alpha value is -1.32. The number of rotatable bonds is 2. The molecule has 1 aliphatic rings. The third-order valence-corrected chi connectivity index (χ3v) is 3.80. The van der Waals surface area contributed by atoms with Gasteiger partial charge in [-0.1, -0.05) is 27.7 Å². The van der Waals surface area contributed by atoms with Gasteiger partial charge in [0.05, 0.1) is 0 Å². The average Bonchev–Trinajstić information content (AvgIpc) is 2.37. The summed E-state index contributed by atoms with van der Waals surface area (Å²) >= 11 is 0. The Morgan fingerprint density at radius 3 is 2.68 bits per heavy atom. The van der Waals surface area contributed by atoms with E-state index in [0.29, 0.717) is 11.9 Å². The zero-order valence-corrected chi connectivity index (χ0v) is 12.6. The van der Waals surface area contributed by atoms with Crippen LogP contribution in [0.5, 0.6) is 0 Å². The van der Waals surface area contributed by atoms with Crippen LogP contribution in [0.3, 0.4) is 0 Å². The van der Waals surface area contributed by atoms with Gasteiger partial charge >= 0.3 is 0 Å². The number of piperidine rings is 1. The second kappa shape index (κ2) is 5.35. The predicted molar refractivity (Wildman–Crippen MR) is 80.4 cm³/mol. The molecule has 19 heavy (non-hydrogen) atoms. The van der Waals surface area contributed by atoms with E-state index in [2.05, 4.69) is 37.6 Å². The van der Waals surface area contributed by atoms with E-state index in [9.17, 15) is 0 Å². The molecule has 0 spiro atoms. The molecule has 0 bridgehead atoms. The second-order valence-electron chi connectivity index (χ2n) is 6.48. The monoisotopic (exact) mass is 262 g/mol. The van der Waals surface area contributed by atoms with Crippen molar-refractivity contribution in [3.05, 3.63) is 11.9 Å². The minimum Gasteiger partial charge on any atom is -0.384 e. The van der Waals surface area contributed by atoms with Gasteiger partial charge in [-0.15, -0.1) is 0 Å². The summed E-state index contributed by atoms with van der Waals surface area (Å²) in [5.41, 5.74) is 5.90. The maximum atomic E-state index is 5.97. The third kappa shape index (κ3) is 3.17. The standard InChI is InChI=1S/C15H26N4/c1-5-11-8-6-7-9-19(11)13-10-12(16)17-14(18-13)15(2,3)4/h10-11H,5-9H2,1-4H3,(H2,16,17,18). The number of nitrogens with zero attached hydrogens (tertiary/aromatic N) is 3. The van der Waals surface area contributed by atoms with Crippen LogP contribution in [0.1, 0.15) is 59.2 Å². The minimum absolute atomic E-state index is 0.0678. The molecule has 106 valence electrons. The first-order valence-electron chi connectivity index (χ1n) is 7.33. The number of nitrogens with two attached hydrogens (primary N) is 1. The SMILES string of the molecule is CCC1CCCCN1c1cc(N)nc(C(C)(C)C)n1. The van der Waals surface area contributed by atoms with E-state index in [1.54, 1.807) is 0 Å². The Morgan fingerprint density at radius 2 is 2.05 bits per heavy atom. The van der Waals surface area contributed by atoms with Crippen LogP contribution in [0.4, 0.5) is 11.6 Å². The molecule has 2 rings (SSSR count).